The Kier molecular flexibility index (Phi) is 5.02. The molecule has 1 aliphatic carbocycles. The molecule has 1 rings (SSSR count). The van der Waals surface area contributed by atoms with Crippen molar-refractivity contribution < 1.29 is 9.59 Å². The number of carbonyl (C=O) groups excluding carboxylic acids is 2. The van der Waals surface area contributed by atoms with Crippen molar-refractivity contribution in [1.29, 1.82) is 0 Å². The molecule has 0 spiro atoms. The summed E-state index contributed by atoms with van der Waals surface area (Å²) in [5, 5.41) is 0. The van der Waals surface area contributed by atoms with Crippen LogP contribution < -0.4 is 0 Å². The van der Waals surface area contributed by atoms with Crippen molar-refractivity contribution in [1.82, 2.24) is 0 Å². The Labute approximate surface area is 109 Å². The first-order chi connectivity index (χ1) is 8.51. The number of Topliss-reactive ketones (excluding diaryl/α,β-unsaturated/α-hetero) is 1. The minimum absolute atomic E-state index is 0.0130. The van der Waals surface area contributed by atoms with Crippen LogP contribution in [0.3, 0.4) is 0 Å². The zero-order valence-corrected chi connectivity index (χ0v) is 11.2. The van der Waals surface area contributed by atoms with E-state index < -0.39 is 0 Å². The van der Waals surface area contributed by atoms with Crippen LogP contribution in [-0.4, -0.2) is 11.6 Å². The Balaban J connectivity index is 3.17. The monoisotopic (exact) mass is 244 g/mol. The van der Waals surface area contributed by atoms with Gasteiger partial charge in [-0.15, -0.1) is 6.58 Å². The van der Waals surface area contributed by atoms with Crippen molar-refractivity contribution in [3.05, 3.63) is 47.6 Å². The van der Waals surface area contributed by atoms with Crippen LogP contribution in [0.5, 0.6) is 0 Å². The van der Waals surface area contributed by atoms with Gasteiger partial charge in [-0.2, -0.15) is 0 Å². The van der Waals surface area contributed by atoms with Crippen LogP contribution in [0, 0.1) is 0 Å². The normalized spacial score (nSPS) is 15.8. The van der Waals surface area contributed by atoms with Crippen molar-refractivity contribution in [3.8, 4) is 0 Å². The van der Waals surface area contributed by atoms with Crippen LogP contribution in [0.1, 0.15) is 39.5 Å². The molecule has 0 bridgehead atoms. The molecule has 0 heterocycles. The highest BCUT2D eigenvalue weighted by molar-refractivity contribution is 6.22. The van der Waals surface area contributed by atoms with Crippen molar-refractivity contribution in [3.63, 3.8) is 0 Å². The molecule has 0 aromatic rings. The van der Waals surface area contributed by atoms with Crippen molar-refractivity contribution in [2.24, 2.45) is 0 Å². The van der Waals surface area contributed by atoms with Gasteiger partial charge in [0.25, 0.3) is 0 Å². The quantitative estimate of drug-likeness (QED) is 0.527. The molecule has 2 heteroatoms. The highest BCUT2D eigenvalue weighted by Crippen LogP contribution is 2.28. The molecule has 0 amide bonds. The van der Waals surface area contributed by atoms with Gasteiger partial charge in [0, 0.05) is 16.7 Å². The van der Waals surface area contributed by atoms with Gasteiger partial charge in [0.05, 0.1) is 0 Å². The second kappa shape index (κ2) is 6.29. The van der Waals surface area contributed by atoms with E-state index in [0.717, 1.165) is 12.0 Å². The highest BCUT2D eigenvalue weighted by atomic mass is 16.1. The van der Waals surface area contributed by atoms with Gasteiger partial charge in [0.1, 0.15) is 0 Å². The summed E-state index contributed by atoms with van der Waals surface area (Å²) < 4.78 is 0. The number of carbonyl (C=O) groups is 2. The lowest BCUT2D eigenvalue weighted by molar-refractivity contribution is -0.116. The van der Waals surface area contributed by atoms with Gasteiger partial charge in [-0.05, 0) is 32.3 Å². The molecule has 0 atom stereocenters. The zero-order chi connectivity index (χ0) is 13.7. The zero-order valence-electron chi connectivity index (χ0n) is 11.2. The van der Waals surface area contributed by atoms with E-state index in [9.17, 15) is 9.59 Å². The molecule has 0 radical (unpaired) electrons. The average molecular weight is 244 g/mol. The Morgan fingerprint density at radius 3 is 2.50 bits per heavy atom. The van der Waals surface area contributed by atoms with E-state index >= 15 is 0 Å². The summed E-state index contributed by atoms with van der Waals surface area (Å²) >= 11 is 0. The van der Waals surface area contributed by atoms with E-state index in [0.29, 0.717) is 36.0 Å². The summed E-state index contributed by atoms with van der Waals surface area (Å²) in [6.45, 7) is 11.3. The molecule has 1 aliphatic rings. The maximum Gasteiger partial charge on any atom is 0.186 e. The van der Waals surface area contributed by atoms with Gasteiger partial charge in [0.15, 0.2) is 11.6 Å². The summed E-state index contributed by atoms with van der Waals surface area (Å²) in [4.78, 5) is 24.4. The van der Waals surface area contributed by atoms with Crippen LogP contribution in [0.2, 0.25) is 0 Å². The average Bonchev–Trinajstić information content (AvgIpc) is 2.30. The van der Waals surface area contributed by atoms with E-state index in [2.05, 4.69) is 13.2 Å². The minimum atomic E-state index is -0.0236. The summed E-state index contributed by atoms with van der Waals surface area (Å²) in [5.74, 6) is -0.0366. The van der Waals surface area contributed by atoms with Gasteiger partial charge >= 0.3 is 0 Å². The number of hydrogen-bond acceptors (Lipinski definition) is 2. The first-order valence-corrected chi connectivity index (χ1v) is 6.28. The highest BCUT2D eigenvalue weighted by Gasteiger charge is 2.26. The number of rotatable bonds is 6. The number of ketones is 2. The van der Waals surface area contributed by atoms with Gasteiger partial charge in [0.2, 0.25) is 0 Å². The lowest BCUT2D eigenvalue weighted by atomic mass is 9.83. The Bertz CT molecular complexity index is 461. The third kappa shape index (κ3) is 3.16. The molecule has 0 saturated carbocycles. The van der Waals surface area contributed by atoms with Gasteiger partial charge in [-0.25, -0.2) is 0 Å². The van der Waals surface area contributed by atoms with Crippen molar-refractivity contribution in [2.75, 3.05) is 0 Å². The predicted octanol–water partition coefficient (Wildman–Crippen LogP) is 3.70. The van der Waals surface area contributed by atoms with Crippen molar-refractivity contribution in [2.45, 2.75) is 39.5 Å². The maximum atomic E-state index is 12.3. The van der Waals surface area contributed by atoms with Gasteiger partial charge in [-0.1, -0.05) is 31.6 Å². The number of hydrogen-bond donors (Lipinski definition) is 0. The summed E-state index contributed by atoms with van der Waals surface area (Å²) in [5.41, 5.74) is 2.75. The van der Waals surface area contributed by atoms with E-state index in [-0.39, 0.29) is 11.6 Å². The molecule has 96 valence electrons. The molecule has 2 nitrogen and oxygen atoms in total. The van der Waals surface area contributed by atoms with Crippen molar-refractivity contribution >= 4 is 11.6 Å². The second-order valence-corrected chi connectivity index (χ2v) is 4.70. The van der Waals surface area contributed by atoms with E-state index in [4.69, 9.17) is 0 Å². The summed E-state index contributed by atoms with van der Waals surface area (Å²) in [6.07, 6.45) is 5.58. The summed E-state index contributed by atoms with van der Waals surface area (Å²) in [6, 6.07) is 0. The van der Waals surface area contributed by atoms with Gasteiger partial charge in [-0.3, -0.25) is 9.59 Å². The molecule has 0 N–H and O–H groups in total. The maximum absolute atomic E-state index is 12.3. The molecular formula is C16H20O2. The second-order valence-electron chi connectivity index (χ2n) is 4.70. The molecule has 0 unspecified atom stereocenters. The third-order valence-corrected chi connectivity index (χ3v) is 2.88. The fraction of sp³-hybridized carbons (Fsp3) is 0.375. The van der Waals surface area contributed by atoms with Crippen LogP contribution in [0.15, 0.2) is 47.6 Å². The smallest absolute Gasteiger partial charge is 0.186 e. The standard InChI is InChI=1S/C16H20O2/c1-5-7-12-10-15(17)13(8-6-2)14(16(12)18)9-11(3)4/h5,10H,1,3,6-9H2,2,4H3. The topological polar surface area (TPSA) is 34.1 Å². The first kappa shape index (κ1) is 14.4. The Hall–Kier alpha value is -1.70. The van der Waals surface area contributed by atoms with E-state index in [1.165, 1.54) is 6.08 Å². The Morgan fingerprint density at radius 2 is 2.00 bits per heavy atom. The summed E-state index contributed by atoms with van der Waals surface area (Å²) in [7, 11) is 0. The third-order valence-electron chi connectivity index (χ3n) is 2.88. The van der Waals surface area contributed by atoms with Crippen LogP contribution >= 0.6 is 0 Å². The van der Waals surface area contributed by atoms with E-state index in [1.54, 1.807) is 6.08 Å². The fourth-order valence-corrected chi connectivity index (χ4v) is 2.11. The SMILES string of the molecule is C=CCC1=CC(=O)C(CCC)=C(CC(=C)C)C1=O. The molecule has 0 aliphatic heterocycles. The predicted molar refractivity (Wildman–Crippen MR) is 74.3 cm³/mol. The fourth-order valence-electron chi connectivity index (χ4n) is 2.11. The largest absolute Gasteiger partial charge is 0.290 e. The molecule has 0 saturated heterocycles. The van der Waals surface area contributed by atoms with Crippen LogP contribution in [-0.2, 0) is 9.59 Å². The lowest BCUT2D eigenvalue weighted by Crippen LogP contribution is -2.19. The van der Waals surface area contributed by atoms with Crippen LogP contribution in [0.25, 0.3) is 0 Å². The molecular weight excluding hydrogens is 224 g/mol. The first-order valence-electron chi connectivity index (χ1n) is 6.28. The molecule has 0 fully saturated rings. The van der Waals surface area contributed by atoms with Gasteiger partial charge < -0.3 is 0 Å². The number of allylic oxidation sites excluding steroid dienone is 6. The molecule has 0 aromatic heterocycles. The molecule has 0 aromatic carbocycles. The molecule has 18 heavy (non-hydrogen) atoms. The van der Waals surface area contributed by atoms with Crippen LogP contribution in [0.4, 0.5) is 0 Å². The lowest BCUT2D eigenvalue weighted by Gasteiger charge is -2.18. The Morgan fingerprint density at radius 1 is 1.33 bits per heavy atom. The minimum Gasteiger partial charge on any atom is -0.290 e. The van der Waals surface area contributed by atoms with E-state index in [1.807, 2.05) is 13.8 Å².